The summed E-state index contributed by atoms with van der Waals surface area (Å²) >= 11 is 0. The van der Waals surface area contributed by atoms with Crippen molar-refractivity contribution in [1.29, 1.82) is 0 Å². The zero-order valence-electron chi connectivity index (χ0n) is 25.1. The number of esters is 3. The van der Waals surface area contributed by atoms with Crippen LogP contribution in [0.5, 0.6) is 0 Å². The Labute approximate surface area is 230 Å². The van der Waals surface area contributed by atoms with Gasteiger partial charge in [0.15, 0.2) is 0 Å². The molecule has 0 aliphatic carbocycles. The zero-order valence-corrected chi connectivity index (χ0v) is 26.1. The molecule has 0 heterocycles. The van der Waals surface area contributed by atoms with Gasteiger partial charge in [0.2, 0.25) is 0 Å². The van der Waals surface area contributed by atoms with Crippen LogP contribution in [0.4, 0.5) is 0 Å². The van der Waals surface area contributed by atoms with E-state index in [1.54, 1.807) is 27.7 Å². The Hall–Kier alpha value is -1.53. The van der Waals surface area contributed by atoms with Crippen LogP contribution in [0, 0.1) is 16.2 Å². The van der Waals surface area contributed by atoms with E-state index >= 15 is 0 Å². The number of ether oxygens (including phenoxy) is 3. The van der Waals surface area contributed by atoms with Gasteiger partial charge >= 0.3 is 26.7 Å². The van der Waals surface area contributed by atoms with Gasteiger partial charge in [0.05, 0.1) is 36.1 Å². The first kappa shape index (κ1) is 36.5. The summed E-state index contributed by atoms with van der Waals surface area (Å²) in [6.07, 6.45) is 3.13. The largest absolute Gasteiger partial charge is 0.500 e. The molecule has 1 N–H and O–H groups in total. The highest BCUT2D eigenvalue weighted by atomic mass is 28.4. The highest BCUT2D eigenvalue weighted by molar-refractivity contribution is 6.60. The summed E-state index contributed by atoms with van der Waals surface area (Å²) in [4.78, 5) is 39.6. The fraction of sp³-hybridized carbons (Fsp3) is 0.889. The number of carbonyl (C=O) groups excluding carboxylic acids is 3. The van der Waals surface area contributed by atoms with E-state index in [1.165, 1.54) is 21.3 Å². The molecule has 0 bridgehead atoms. The van der Waals surface area contributed by atoms with Crippen molar-refractivity contribution in [3.8, 4) is 0 Å². The molecule has 224 valence electrons. The summed E-state index contributed by atoms with van der Waals surface area (Å²) < 4.78 is 32.9. The van der Waals surface area contributed by atoms with Gasteiger partial charge in [-0.2, -0.15) is 0 Å². The topological polar surface area (TPSA) is 127 Å². The van der Waals surface area contributed by atoms with Gasteiger partial charge in [-0.25, -0.2) is 0 Å². The molecule has 0 aromatic heterocycles. The van der Waals surface area contributed by atoms with Crippen molar-refractivity contribution in [2.75, 3.05) is 47.8 Å². The average Bonchev–Trinajstić information content (AvgIpc) is 2.88. The molecule has 0 amide bonds. The smallest absolute Gasteiger partial charge is 0.465 e. The number of aliphatic hydroxyl groups is 1. The number of aliphatic hydroxyl groups excluding tert-OH is 1. The van der Waals surface area contributed by atoms with Gasteiger partial charge in [0, 0.05) is 40.4 Å². The van der Waals surface area contributed by atoms with E-state index < -0.39 is 37.0 Å². The van der Waals surface area contributed by atoms with Crippen LogP contribution in [-0.2, 0) is 41.9 Å². The maximum atomic E-state index is 13.6. The van der Waals surface area contributed by atoms with Gasteiger partial charge in [-0.1, -0.05) is 20.3 Å². The van der Waals surface area contributed by atoms with Crippen LogP contribution in [0.1, 0.15) is 86.5 Å². The molecule has 0 fully saturated rings. The maximum Gasteiger partial charge on any atom is 0.500 e. The molecule has 0 saturated carbocycles. The Kier molecular flexibility index (Phi) is 16.5. The summed E-state index contributed by atoms with van der Waals surface area (Å²) in [5.41, 5.74) is -3.19. The molecule has 0 aromatic carbocycles. The molecule has 11 heteroatoms. The monoisotopic (exact) mass is 564 g/mol. The van der Waals surface area contributed by atoms with Gasteiger partial charge in [0.25, 0.3) is 0 Å². The SMILES string of the molecule is CCCCOC(=O)C(C)(CC)CC(C)(CC(C)(C)C(=O)OCCCO)C(=O)OCCC[Si](OC)(OC)OC. The van der Waals surface area contributed by atoms with Gasteiger partial charge < -0.3 is 32.6 Å². The lowest BCUT2D eigenvalue weighted by Gasteiger charge is -2.39. The van der Waals surface area contributed by atoms with Crippen LogP contribution in [0.25, 0.3) is 0 Å². The lowest BCUT2D eigenvalue weighted by atomic mass is 9.65. The Morgan fingerprint density at radius 1 is 0.684 bits per heavy atom. The van der Waals surface area contributed by atoms with Crippen LogP contribution < -0.4 is 0 Å². The highest BCUT2D eigenvalue weighted by Crippen LogP contribution is 2.46. The molecule has 0 radical (unpaired) electrons. The number of rotatable bonds is 21. The minimum Gasteiger partial charge on any atom is -0.465 e. The normalized spacial score (nSPS) is 15.3. The van der Waals surface area contributed by atoms with Crippen LogP contribution >= 0.6 is 0 Å². The summed E-state index contributed by atoms with van der Waals surface area (Å²) in [7, 11) is 1.76. The van der Waals surface area contributed by atoms with Crippen molar-refractivity contribution in [2.24, 2.45) is 16.2 Å². The van der Waals surface area contributed by atoms with Crippen LogP contribution in [0.15, 0.2) is 0 Å². The second-order valence-corrected chi connectivity index (χ2v) is 14.0. The van der Waals surface area contributed by atoms with Gasteiger partial charge in [-0.05, 0) is 59.8 Å². The van der Waals surface area contributed by atoms with E-state index in [-0.39, 0.29) is 38.6 Å². The molecule has 10 nitrogen and oxygen atoms in total. The Morgan fingerprint density at radius 2 is 1.16 bits per heavy atom. The van der Waals surface area contributed by atoms with Crippen molar-refractivity contribution < 1.29 is 47.0 Å². The molecule has 0 aliphatic rings. The lowest BCUT2D eigenvalue weighted by molar-refractivity contribution is -0.169. The molecule has 38 heavy (non-hydrogen) atoms. The standard InChI is InChI=1S/C27H52O10Si/c1-10-12-16-36-23(30)26(5,11-2)21-27(6,20-25(3,4)22(29)35-17-13-15-28)24(31)37-18-14-19-38(32-7,33-8)34-9/h28H,10-21H2,1-9H3. The summed E-state index contributed by atoms with van der Waals surface area (Å²) in [5.74, 6) is -1.36. The molecular weight excluding hydrogens is 512 g/mol. The van der Waals surface area contributed by atoms with E-state index in [1.807, 2.05) is 13.8 Å². The van der Waals surface area contributed by atoms with Crippen molar-refractivity contribution >= 4 is 26.7 Å². The quantitative estimate of drug-likeness (QED) is 0.0933. The van der Waals surface area contributed by atoms with Crippen LogP contribution in [0.2, 0.25) is 6.04 Å². The Bertz CT molecular complexity index is 716. The number of hydrogen-bond donors (Lipinski definition) is 1. The van der Waals surface area contributed by atoms with Crippen molar-refractivity contribution in [3.05, 3.63) is 0 Å². The van der Waals surface area contributed by atoms with Crippen molar-refractivity contribution in [3.63, 3.8) is 0 Å². The molecule has 0 aromatic rings. The minimum absolute atomic E-state index is 0.0838. The van der Waals surface area contributed by atoms with E-state index in [9.17, 15) is 14.4 Å². The van der Waals surface area contributed by atoms with Crippen molar-refractivity contribution in [2.45, 2.75) is 92.5 Å². The van der Waals surface area contributed by atoms with Crippen LogP contribution in [-0.4, -0.2) is 79.6 Å². The van der Waals surface area contributed by atoms with E-state index in [2.05, 4.69) is 0 Å². The molecule has 0 aliphatic heterocycles. The summed E-state index contributed by atoms with van der Waals surface area (Å²) in [6, 6.07) is 0.458. The Balaban J connectivity index is 5.84. The third-order valence-corrected chi connectivity index (χ3v) is 9.82. The second kappa shape index (κ2) is 17.2. The van der Waals surface area contributed by atoms with Crippen molar-refractivity contribution in [1.82, 2.24) is 0 Å². The number of hydrogen-bond acceptors (Lipinski definition) is 10. The molecule has 2 unspecified atom stereocenters. The maximum absolute atomic E-state index is 13.6. The number of carbonyl (C=O) groups is 3. The highest BCUT2D eigenvalue weighted by Gasteiger charge is 2.50. The molecule has 0 spiro atoms. The lowest BCUT2D eigenvalue weighted by Crippen LogP contribution is -2.45. The fourth-order valence-electron chi connectivity index (χ4n) is 4.55. The fourth-order valence-corrected chi connectivity index (χ4v) is 6.24. The molecule has 0 saturated heterocycles. The predicted octanol–water partition coefficient (Wildman–Crippen LogP) is 4.30. The first-order chi connectivity index (χ1) is 17.7. The average molecular weight is 565 g/mol. The summed E-state index contributed by atoms with van der Waals surface area (Å²) in [6.45, 7) is 11.2. The summed E-state index contributed by atoms with van der Waals surface area (Å²) in [5, 5.41) is 9.01. The van der Waals surface area contributed by atoms with E-state index in [0.29, 0.717) is 31.9 Å². The van der Waals surface area contributed by atoms with Crippen LogP contribution in [0.3, 0.4) is 0 Å². The number of unbranched alkanes of at least 4 members (excludes halogenated alkanes) is 1. The van der Waals surface area contributed by atoms with E-state index in [0.717, 1.165) is 12.8 Å². The van der Waals surface area contributed by atoms with E-state index in [4.69, 9.17) is 32.6 Å². The Morgan fingerprint density at radius 3 is 1.63 bits per heavy atom. The van der Waals surface area contributed by atoms with Gasteiger partial charge in [-0.15, -0.1) is 0 Å². The van der Waals surface area contributed by atoms with Gasteiger partial charge in [0.1, 0.15) is 0 Å². The molecule has 0 rings (SSSR count). The zero-order chi connectivity index (χ0) is 29.5. The van der Waals surface area contributed by atoms with Gasteiger partial charge in [-0.3, -0.25) is 14.4 Å². The second-order valence-electron chi connectivity index (χ2n) is 10.9. The minimum atomic E-state index is -2.81. The first-order valence-electron chi connectivity index (χ1n) is 13.5. The first-order valence-corrected chi connectivity index (χ1v) is 15.5. The molecular formula is C27H52O10Si. The predicted molar refractivity (Wildman–Crippen MR) is 145 cm³/mol. The third-order valence-electron chi connectivity index (χ3n) is 6.99. The molecule has 2 atom stereocenters. The third kappa shape index (κ3) is 11.3.